The molecule has 0 aliphatic heterocycles. The van der Waals surface area contributed by atoms with E-state index in [0.29, 0.717) is 6.42 Å². The van der Waals surface area contributed by atoms with Gasteiger partial charge in [0.25, 0.3) is 0 Å². The summed E-state index contributed by atoms with van der Waals surface area (Å²) in [5, 5.41) is 9.41. The normalized spacial score (nSPS) is 12.3. The number of rotatable bonds is 5. The van der Waals surface area contributed by atoms with Crippen LogP contribution in [-0.2, 0) is 6.42 Å². The SMILES string of the molecule is COc1c(CC(C)O)ccc(SC)c1OC. The minimum atomic E-state index is -0.390. The quantitative estimate of drug-likeness (QED) is 0.804. The third-order valence-electron chi connectivity index (χ3n) is 2.30. The Labute approximate surface area is 101 Å². The molecule has 1 N–H and O–H groups in total. The summed E-state index contributed by atoms with van der Waals surface area (Å²) >= 11 is 1.61. The van der Waals surface area contributed by atoms with Crippen molar-refractivity contribution in [3.05, 3.63) is 17.7 Å². The van der Waals surface area contributed by atoms with Gasteiger partial charge in [-0.2, -0.15) is 0 Å². The zero-order valence-electron chi connectivity index (χ0n) is 10.1. The van der Waals surface area contributed by atoms with Gasteiger partial charge in [0, 0.05) is 12.0 Å². The minimum absolute atomic E-state index is 0.390. The lowest BCUT2D eigenvalue weighted by atomic mass is 10.1. The largest absolute Gasteiger partial charge is 0.493 e. The molecule has 0 saturated heterocycles. The van der Waals surface area contributed by atoms with Crippen LogP contribution in [0.15, 0.2) is 17.0 Å². The Hall–Kier alpha value is -0.870. The average molecular weight is 242 g/mol. The van der Waals surface area contributed by atoms with Crippen molar-refractivity contribution in [2.75, 3.05) is 20.5 Å². The molecular weight excluding hydrogens is 224 g/mol. The van der Waals surface area contributed by atoms with Crippen LogP contribution in [-0.4, -0.2) is 31.7 Å². The van der Waals surface area contributed by atoms with Gasteiger partial charge in [0.05, 0.1) is 25.2 Å². The van der Waals surface area contributed by atoms with E-state index in [2.05, 4.69) is 0 Å². The van der Waals surface area contributed by atoms with Gasteiger partial charge in [-0.05, 0) is 19.2 Å². The van der Waals surface area contributed by atoms with Crippen molar-refractivity contribution in [1.82, 2.24) is 0 Å². The number of benzene rings is 1. The van der Waals surface area contributed by atoms with Crippen LogP contribution in [0.4, 0.5) is 0 Å². The predicted molar refractivity (Wildman–Crippen MR) is 66.7 cm³/mol. The van der Waals surface area contributed by atoms with E-state index < -0.39 is 6.10 Å². The van der Waals surface area contributed by atoms with Crippen molar-refractivity contribution >= 4 is 11.8 Å². The summed E-state index contributed by atoms with van der Waals surface area (Å²) in [6, 6.07) is 3.96. The molecule has 0 saturated carbocycles. The maximum Gasteiger partial charge on any atom is 0.174 e. The van der Waals surface area contributed by atoms with E-state index in [1.807, 2.05) is 18.4 Å². The molecule has 3 nitrogen and oxygen atoms in total. The van der Waals surface area contributed by atoms with Crippen molar-refractivity contribution in [3.8, 4) is 11.5 Å². The van der Waals surface area contributed by atoms with Gasteiger partial charge < -0.3 is 14.6 Å². The molecule has 4 heteroatoms. The third kappa shape index (κ3) is 2.83. The fourth-order valence-electron chi connectivity index (χ4n) is 1.64. The molecule has 0 radical (unpaired) electrons. The van der Waals surface area contributed by atoms with E-state index in [1.165, 1.54) is 0 Å². The molecular formula is C12H18O3S. The fourth-order valence-corrected chi connectivity index (χ4v) is 2.21. The molecule has 1 unspecified atom stereocenters. The lowest BCUT2D eigenvalue weighted by molar-refractivity contribution is 0.193. The Kier molecular flexibility index (Phi) is 4.96. The first-order chi connectivity index (χ1) is 7.63. The molecule has 0 fully saturated rings. The number of aliphatic hydroxyl groups excluding tert-OH is 1. The summed E-state index contributed by atoms with van der Waals surface area (Å²) in [5.74, 6) is 1.46. The average Bonchev–Trinajstić information content (AvgIpc) is 2.27. The maximum absolute atomic E-state index is 9.41. The van der Waals surface area contributed by atoms with E-state index in [0.717, 1.165) is 22.0 Å². The number of thioether (sulfide) groups is 1. The Balaban J connectivity index is 3.20. The van der Waals surface area contributed by atoms with Crippen molar-refractivity contribution in [2.45, 2.75) is 24.3 Å². The maximum atomic E-state index is 9.41. The van der Waals surface area contributed by atoms with E-state index in [1.54, 1.807) is 32.9 Å². The molecule has 90 valence electrons. The number of hydrogen-bond acceptors (Lipinski definition) is 4. The minimum Gasteiger partial charge on any atom is -0.493 e. The first-order valence-corrected chi connectivity index (χ1v) is 6.32. The predicted octanol–water partition coefficient (Wildman–Crippen LogP) is 2.35. The summed E-state index contributed by atoms with van der Waals surface area (Å²) < 4.78 is 10.7. The molecule has 0 spiro atoms. The molecule has 1 rings (SSSR count). The molecule has 0 aliphatic rings. The topological polar surface area (TPSA) is 38.7 Å². The van der Waals surface area contributed by atoms with Crippen molar-refractivity contribution < 1.29 is 14.6 Å². The van der Waals surface area contributed by atoms with Gasteiger partial charge in [0.2, 0.25) is 0 Å². The summed E-state index contributed by atoms with van der Waals surface area (Å²) in [6.45, 7) is 1.76. The second-order valence-electron chi connectivity index (χ2n) is 3.55. The monoisotopic (exact) mass is 242 g/mol. The molecule has 1 aromatic carbocycles. The highest BCUT2D eigenvalue weighted by molar-refractivity contribution is 7.98. The van der Waals surface area contributed by atoms with E-state index in [-0.39, 0.29) is 0 Å². The Morgan fingerprint density at radius 2 is 1.88 bits per heavy atom. The Morgan fingerprint density at radius 1 is 1.25 bits per heavy atom. The molecule has 16 heavy (non-hydrogen) atoms. The summed E-state index contributed by atoms with van der Waals surface area (Å²) in [4.78, 5) is 1.04. The van der Waals surface area contributed by atoms with Gasteiger partial charge >= 0.3 is 0 Å². The van der Waals surface area contributed by atoms with Crippen LogP contribution in [0.5, 0.6) is 11.5 Å². The van der Waals surface area contributed by atoms with Crippen LogP contribution in [0.1, 0.15) is 12.5 Å². The molecule has 0 bridgehead atoms. The Bertz CT molecular complexity index is 350. The van der Waals surface area contributed by atoms with Crippen molar-refractivity contribution in [3.63, 3.8) is 0 Å². The van der Waals surface area contributed by atoms with Gasteiger partial charge in [-0.1, -0.05) is 6.07 Å². The molecule has 0 amide bonds. The van der Waals surface area contributed by atoms with Crippen molar-refractivity contribution in [1.29, 1.82) is 0 Å². The smallest absolute Gasteiger partial charge is 0.174 e. The highest BCUT2D eigenvalue weighted by Gasteiger charge is 2.15. The standard InChI is InChI=1S/C12H18O3S/c1-8(13)7-9-5-6-10(16-4)12(15-3)11(9)14-2/h5-6,8,13H,7H2,1-4H3. The molecule has 1 atom stereocenters. The highest BCUT2D eigenvalue weighted by atomic mass is 32.2. The molecule has 1 aromatic rings. The number of hydrogen-bond donors (Lipinski definition) is 1. The number of methoxy groups -OCH3 is 2. The summed E-state index contributed by atoms with van der Waals surface area (Å²) in [6.07, 6.45) is 2.17. The number of aliphatic hydroxyl groups is 1. The molecule has 0 aliphatic carbocycles. The van der Waals surface area contributed by atoms with Gasteiger partial charge in [0.15, 0.2) is 11.5 Å². The lowest BCUT2D eigenvalue weighted by Crippen LogP contribution is -2.06. The summed E-state index contributed by atoms with van der Waals surface area (Å²) in [5.41, 5.74) is 0.965. The zero-order valence-corrected chi connectivity index (χ0v) is 10.9. The third-order valence-corrected chi connectivity index (χ3v) is 3.06. The summed E-state index contributed by atoms with van der Waals surface area (Å²) in [7, 11) is 3.25. The van der Waals surface area contributed by atoms with Crippen LogP contribution in [0.25, 0.3) is 0 Å². The van der Waals surface area contributed by atoms with Crippen LogP contribution in [0.2, 0.25) is 0 Å². The van der Waals surface area contributed by atoms with Gasteiger partial charge in [-0.25, -0.2) is 0 Å². The van der Waals surface area contributed by atoms with Crippen LogP contribution in [0.3, 0.4) is 0 Å². The van der Waals surface area contributed by atoms with Crippen LogP contribution >= 0.6 is 11.8 Å². The second-order valence-corrected chi connectivity index (χ2v) is 4.39. The fraction of sp³-hybridized carbons (Fsp3) is 0.500. The first-order valence-electron chi connectivity index (χ1n) is 5.10. The van der Waals surface area contributed by atoms with E-state index >= 15 is 0 Å². The molecule has 0 aromatic heterocycles. The van der Waals surface area contributed by atoms with E-state index in [9.17, 15) is 5.11 Å². The molecule has 0 heterocycles. The Morgan fingerprint density at radius 3 is 2.31 bits per heavy atom. The second kappa shape index (κ2) is 6.01. The zero-order chi connectivity index (χ0) is 12.1. The highest BCUT2D eigenvalue weighted by Crippen LogP contribution is 2.39. The van der Waals surface area contributed by atoms with Crippen LogP contribution < -0.4 is 9.47 Å². The van der Waals surface area contributed by atoms with E-state index in [4.69, 9.17) is 9.47 Å². The first kappa shape index (κ1) is 13.2. The van der Waals surface area contributed by atoms with Gasteiger partial charge in [-0.3, -0.25) is 0 Å². The van der Waals surface area contributed by atoms with Gasteiger partial charge in [-0.15, -0.1) is 11.8 Å². The lowest BCUT2D eigenvalue weighted by Gasteiger charge is -2.16. The van der Waals surface area contributed by atoms with Crippen molar-refractivity contribution in [2.24, 2.45) is 0 Å². The number of ether oxygens (including phenoxy) is 2. The van der Waals surface area contributed by atoms with Crippen LogP contribution in [0, 0.1) is 0 Å². The van der Waals surface area contributed by atoms with Gasteiger partial charge in [0.1, 0.15) is 0 Å².